The number of hydrogen-bond donors (Lipinski definition) is 3. The predicted octanol–water partition coefficient (Wildman–Crippen LogP) is 5.73. The van der Waals surface area contributed by atoms with Gasteiger partial charge in [-0.2, -0.15) is 5.10 Å². The van der Waals surface area contributed by atoms with Gasteiger partial charge in [0.1, 0.15) is 22.9 Å². The summed E-state index contributed by atoms with van der Waals surface area (Å²) < 4.78 is 2.07. The van der Waals surface area contributed by atoms with E-state index in [-0.39, 0.29) is 17.2 Å². The maximum absolute atomic E-state index is 10.7. The minimum atomic E-state index is 0.186. The lowest BCUT2D eigenvalue weighted by atomic mass is 9.91. The van der Waals surface area contributed by atoms with E-state index >= 15 is 0 Å². The van der Waals surface area contributed by atoms with Crippen LogP contribution in [0, 0.1) is 0 Å². The molecule has 1 aliphatic carbocycles. The monoisotopic (exact) mass is 398 g/mol. The molecule has 5 heteroatoms. The van der Waals surface area contributed by atoms with Crippen molar-refractivity contribution in [2.45, 2.75) is 25.3 Å². The third-order valence-corrected chi connectivity index (χ3v) is 5.79. The minimum absolute atomic E-state index is 0.186. The van der Waals surface area contributed by atoms with Gasteiger partial charge in [-0.05, 0) is 73.9 Å². The van der Waals surface area contributed by atoms with E-state index in [1.807, 2.05) is 36.4 Å². The zero-order valence-electron chi connectivity index (χ0n) is 16.4. The molecular weight excluding hydrogens is 376 g/mol. The molecule has 1 fully saturated rings. The summed E-state index contributed by atoms with van der Waals surface area (Å²) in [6.45, 7) is 0. The van der Waals surface area contributed by atoms with E-state index in [9.17, 15) is 15.3 Å². The Balaban J connectivity index is 1.84. The highest BCUT2D eigenvalue weighted by atomic mass is 16.3. The number of benzene rings is 3. The topological polar surface area (TPSA) is 78.5 Å². The van der Waals surface area contributed by atoms with Crippen molar-refractivity contribution < 1.29 is 15.3 Å². The summed E-state index contributed by atoms with van der Waals surface area (Å²) in [4.78, 5) is 0. The summed E-state index contributed by atoms with van der Waals surface area (Å²) in [5.41, 5.74) is 5.01. The Labute approximate surface area is 174 Å². The summed E-state index contributed by atoms with van der Waals surface area (Å²) in [6.07, 6.45) is 3.28. The van der Waals surface area contributed by atoms with Gasteiger partial charge in [-0.3, -0.25) is 4.68 Å². The van der Waals surface area contributed by atoms with Crippen LogP contribution in [0.1, 0.15) is 25.3 Å². The van der Waals surface area contributed by atoms with E-state index in [2.05, 4.69) is 4.68 Å². The van der Waals surface area contributed by atoms with E-state index in [0.29, 0.717) is 11.6 Å². The van der Waals surface area contributed by atoms with Gasteiger partial charge in [-0.25, -0.2) is 0 Å². The first-order chi connectivity index (χ1) is 14.6. The Morgan fingerprint density at radius 3 is 1.90 bits per heavy atom. The molecule has 4 aromatic rings. The van der Waals surface area contributed by atoms with Crippen LogP contribution in [0.15, 0.2) is 72.8 Å². The number of rotatable bonds is 4. The minimum Gasteiger partial charge on any atom is -0.508 e. The second-order valence-corrected chi connectivity index (χ2v) is 7.71. The lowest BCUT2D eigenvalue weighted by molar-refractivity contribution is 0.293. The quantitative estimate of drug-likeness (QED) is 0.410. The standard InChI is InChI=1S/C25H22N2O3/c28-19-12-8-16(9-13-19)24-23(21-6-1-2-7-22(21)30)25(17-10-14-20(29)15-11-17)27(26-24)18-4-3-5-18/h1-2,6-15,18,28-30H,3-5H2. The van der Waals surface area contributed by atoms with Gasteiger partial charge >= 0.3 is 0 Å². The average molecular weight is 398 g/mol. The smallest absolute Gasteiger partial charge is 0.123 e. The molecule has 1 heterocycles. The number of para-hydroxylation sites is 1. The van der Waals surface area contributed by atoms with Crippen LogP contribution in [-0.2, 0) is 0 Å². The second kappa shape index (κ2) is 7.26. The molecule has 0 aliphatic heterocycles. The normalized spacial score (nSPS) is 13.9. The molecule has 3 aromatic carbocycles. The van der Waals surface area contributed by atoms with Gasteiger partial charge in [0.25, 0.3) is 0 Å². The van der Waals surface area contributed by atoms with Gasteiger partial charge in [0.2, 0.25) is 0 Å². The number of aromatic hydroxyl groups is 3. The van der Waals surface area contributed by atoms with Crippen LogP contribution in [0.25, 0.3) is 33.6 Å². The Morgan fingerprint density at radius 1 is 0.733 bits per heavy atom. The fourth-order valence-electron chi connectivity index (χ4n) is 3.99. The van der Waals surface area contributed by atoms with E-state index in [0.717, 1.165) is 40.9 Å². The highest BCUT2D eigenvalue weighted by Crippen LogP contribution is 2.46. The van der Waals surface area contributed by atoms with Gasteiger partial charge in [0.05, 0.1) is 11.7 Å². The van der Waals surface area contributed by atoms with Crippen LogP contribution in [0.3, 0.4) is 0 Å². The van der Waals surface area contributed by atoms with Crippen LogP contribution < -0.4 is 0 Å². The maximum Gasteiger partial charge on any atom is 0.123 e. The maximum atomic E-state index is 10.7. The summed E-state index contributed by atoms with van der Waals surface area (Å²) in [7, 11) is 0. The summed E-state index contributed by atoms with van der Waals surface area (Å²) in [6, 6.07) is 21.6. The van der Waals surface area contributed by atoms with Gasteiger partial charge in [-0.15, -0.1) is 0 Å². The average Bonchev–Trinajstić information content (AvgIpc) is 3.08. The van der Waals surface area contributed by atoms with Gasteiger partial charge in [0.15, 0.2) is 0 Å². The molecule has 0 spiro atoms. The number of phenolic OH excluding ortho intramolecular Hbond substituents is 3. The van der Waals surface area contributed by atoms with E-state index < -0.39 is 0 Å². The van der Waals surface area contributed by atoms with Crippen molar-refractivity contribution in [1.29, 1.82) is 0 Å². The SMILES string of the molecule is Oc1ccc(-c2nn(C3CCC3)c(-c3ccc(O)cc3)c2-c2ccccc2O)cc1. The Hall–Kier alpha value is -3.73. The molecule has 0 atom stereocenters. The Bertz CT molecular complexity index is 1190. The second-order valence-electron chi connectivity index (χ2n) is 7.71. The molecule has 5 nitrogen and oxygen atoms in total. The molecule has 5 rings (SSSR count). The third-order valence-electron chi connectivity index (χ3n) is 5.79. The van der Waals surface area contributed by atoms with E-state index in [1.165, 1.54) is 6.42 Å². The predicted molar refractivity (Wildman–Crippen MR) is 116 cm³/mol. The molecule has 1 aliphatic rings. The highest BCUT2D eigenvalue weighted by molar-refractivity contribution is 5.93. The first-order valence-electron chi connectivity index (χ1n) is 10.1. The van der Waals surface area contributed by atoms with Gasteiger partial charge in [0, 0.05) is 22.3 Å². The van der Waals surface area contributed by atoms with Crippen molar-refractivity contribution >= 4 is 0 Å². The fraction of sp³-hybridized carbons (Fsp3) is 0.160. The van der Waals surface area contributed by atoms with Crippen LogP contribution >= 0.6 is 0 Å². The summed E-state index contributed by atoms with van der Waals surface area (Å²) in [5, 5.41) is 35.2. The Morgan fingerprint density at radius 2 is 1.33 bits per heavy atom. The third kappa shape index (κ3) is 3.08. The number of aromatic nitrogens is 2. The lowest BCUT2D eigenvalue weighted by Crippen LogP contribution is -2.19. The van der Waals surface area contributed by atoms with Crippen molar-refractivity contribution in [3.8, 4) is 50.9 Å². The first kappa shape index (κ1) is 18.3. The number of nitrogens with zero attached hydrogens (tertiary/aromatic N) is 2. The van der Waals surface area contributed by atoms with Gasteiger partial charge < -0.3 is 15.3 Å². The van der Waals surface area contributed by atoms with Crippen LogP contribution in [0.4, 0.5) is 0 Å². The molecule has 0 amide bonds. The zero-order chi connectivity index (χ0) is 20.7. The van der Waals surface area contributed by atoms with Crippen molar-refractivity contribution in [1.82, 2.24) is 9.78 Å². The van der Waals surface area contributed by atoms with Crippen LogP contribution in [0.5, 0.6) is 17.2 Å². The summed E-state index contributed by atoms with van der Waals surface area (Å²) in [5.74, 6) is 0.585. The van der Waals surface area contributed by atoms with Crippen LogP contribution in [0.2, 0.25) is 0 Å². The number of hydrogen-bond acceptors (Lipinski definition) is 4. The molecular formula is C25H22N2O3. The lowest BCUT2D eigenvalue weighted by Gasteiger charge is -2.28. The fourth-order valence-corrected chi connectivity index (χ4v) is 3.99. The zero-order valence-corrected chi connectivity index (χ0v) is 16.4. The van der Waals surface area contributed by atoms with Crippen molar-refractivity contribution in [2.24, 2.45) is 0 Å². The van der Waals surface area contributed by atoms with Crippen molar-refractivity contribution in [2.75, 3.05) is 0 Å². The largest absolute Gasteiger partial charge is 0.508 e. The molecule has 0 unspecified atom stereocenters. The molecule has 0 radical (unpaired) electrons. The highest BCUT2D eigenvalue weighted by Gasteiger charge is 2.29. The van der Waals surface area contributed by atoms with Gasteiger partial charge in [-0.1, -0.05) is 18.2 Å². The molecule has 0 saturated heterocycles. The van der Waals surface area contributed by atoms with E-state index in [4.69, 9.17) is 5.10 Å². The first-order valence-corrected chi connectivity index (χ1v) is 10.1. The molecule has 1 aromatic heterocycles. The van der Waals surface area contributed by atoms with Crippen LogP contribution in [-0.4, -0.2) is 25.1 Å². The van der Waals surface area contributed by atoms with E-state index in [1.54, 1.807) is 36.4 Å². The molecule has 30 heavy (non-hydrogen) atoms. The molecule has 3 N–H and O–H groups in total. The molecule has 1 saturated carbocycles. The molecule has 0 bridgehead atoms. The number of phenols is 3. The summed E-state index contributed by atoms with van der Waals surface area (Å²) >= 11 is 0. The molecule has 150 valence electrons. The Kier molecular flexibility index (Phi) is 4.43. The van der Waals surface area contributed by atoms with Crippen molar-refractivity contribution in [3.63, 3.8) is 0 Å². The van der Waals surface area contributed by atoms with Crippen molar-refractivity contribution in [3.05, 3.63) is 72.8 Å².